The fourth-order valence-corrected chi connectivity index (χ4v) is 1.11. The molecule has 0 amide bonds. The summed E-state index contributed by atoms with van der Waals surface area (Å²) in [5.41, 5.74) is 0.253. The molecule has 0 heterocycles. The highest BCUT2D eigenvalue weighted by molar-refractivity contribution is 5.30. The van der Waals surface area contributed by atoms with Crippen LogP contribution in [0.5, 0.6) is 0 Å². The van der Waals surface area contributed by atoms with Crippen molar-refractivity contribution in [2.75, 3.05) is 0 Å². The van der Waals surface area contributed by atoms with Crippen molar-refractivity contribution in [2.45, 2.75) is 20.8 Å². The lowest BCUT2D eigenvalue weighted by molar-refractivity contribution is 0.584. The zero-order valence-electron chi connectivity index (χ0n) is 8.09. The van der Waals surface area contributed by atoms with Gasteiger partial charge in [-0.3, -0.25) is 0 Å². The van der Waals surface area contributed by atoms with E-state index in [0.29, 0.717) is 0 Å². The molecule has 0 fully saturated rings. The van der Waals surface area contributed by atoms with Gasteiger partial charge in [-0.15, -0.1) is 0 Å². The first-order valence-electron chi connectivity index (χ1n) is 4.25. The fourth-order valence-electron chi connectivity index (χ4n) is 1.11. The average molecular weight is 160 g/mol. The Morgan fingerprint density at radius 2 is 1.58 bits per heavy atom. The van der Waals surface area contributed by atoms with Crippen LogP contribution in [0.25, 0.3) is 12.7 Å². The maximum absolute atomic E-state index is 3.84. The van der Waals surface area contributed by atoms with Crippen LogP contribution in [-0.2, 0) is 0 Å². The number of hydrogen-bond donors (Lipinski definition) is 0. The molecule has 0 aliphatic heterocycles. The minimum absolute atomic E-state index is 0.253. The van der Waals surface area contributed by atoms with Crippen LogP contribution in [-0.4, -0.2) is 0 Å². The van der Waals surface area contributed by atoms with E-state index in [2.05, 4.69) is 45.6 Å². The molecule has 0 nitrogen and oxygen atoms in total. The summed E-state index contributed by atoms with van der Waals surface area (Å²) in [7, 11) is 0. The van der Waals surface area contributed by atoms with E-state index in [1.807, 2.05) is 12.1 Å². The van der Waals surface area contributed by atoms with Gasteiger partial charge in [0.25, 0.3) is 0 Å². The van der Waals surface area contributed by atoms with Gasteiger partial charge in [0.2, 0.25) is 0 Å². The molecule has 0 bridgehead atoms. The summed E-state index contributed by atoms with van der Waals surface area (Å²) >= 11 is 0. The van der Waals surface area contributed by atoms with E-state index in [4.69, 9.17) is 0 Å². The first-order chi connectivity index (χ1) is 5.47. The molecule has 1 rings (SSSR count). The predicted octanol–water partition coefficient (Wildman–Crippen LogP) is 1.92. The van der Waals surface area contributed by atoms with Gasteiger partial charge in [-0.2, -0.15) is 0 Å². The predicted molar refractivity (Wildman–Crippen MR) is 55.1 cm³/mol. The van der Waals surface area contributed by atoms with Gasteiger partial charge in [0.05, 0.1) is 0 Å². The Balaban J connectivity index is 3.13. The van der Waals surface area contributed by atoms with Crippen LogP contribution < -0.4 is 10.4 Å². The fraction of sp³-hybridized carbons (Fsp3) is 0.333. The van der Waals surface area contributed by atoms with Crippen LogP contribution in [0, 0.1) is 5.41 Å². The highest BCUT2D eigenvalue weighted by Crippen LogP contribution is 2.13. The van der Waals surface area contributed by atoms with Crippen LogP contribution >= 0.6 is 0 Å². The molecular weight excluding hydrogens is 144 g/mol. The Morgan fingerprint density at radius 1 is 1.08 bits per heavy atom. The van der Waals surface area contributed by atoms with Gasteiger partial charge in [0, 0.05) is 0 Å². The van der Waals surface area contributed by atoms with Crippen molar-refractivity contribution in [3.05, 3.63) is 34.7 Å². The quantitative estimate of drug-likeness (QED) is 0.544. The maximum atomic E-state index is 3.84. The zero-order valence-corrected chi connectivity index (χ0v) is 8.09. The molecule has 1 aromatic carbocycles. The number of benzene rings is 1. The van der Waals surface area contributed by atoms with E-state index in [0.717, 1.165) is 5.22 Å². The third-order valence-electron chi connectivity index (χ3n) is 1.58. The molecule has 64 valence electrons. The Hall–Kier alpha value is -1.04. The summed E-state index contributed by atoms with van der Waals surface area (Å²) in [5, 5.41) is 2.34. The molecule has 0 unspecified atom stereocenters. The lowest BCUT2D eigenvalue weighted by Gasteiger charge is -2.10. The molecule has 0 radical (unpaired) electrons. The van der Waals surface area contributed by atoms with Crippen molar-refractivity contribution in [3.8, 4) is 0 Å². The first kappa shape index (κ1) is 9.05. The SMILES string of the molecule is C=c1ccc(=CC(C)(C)C)cc1. The van der Waals surface area contributed by atoms with Crippen LogP contribution in [0.3, 0.4) is 0 Å². The van der Waals surface area contributed by atoms with Crippen LogP contribution in [0.15, 0.2) is 24.3 Å². The number of hydrogen-bond acceptors (Lipinski definition) is 0. The Morgan fingerprint density at radius 3 is 2.00 bits per heavy atom. The lowest BCUT2D eigenvalue weighted by Crippen LogP contribution is -2.11. The summed E-state index contributed by atoms with van der Waals surface area (Å²) in [6.45, 7) is 10.4. The van der Waals surface area contributed by atoms with Crippen molar-refractivity contribution in [3.63, 3.8) is 0 Å². The standard InChI is InChI=1S/C12H16/c1-10-5-7-11(8-6-10)9-12(2,3)4/h5-9H,1H2,2-4H3. The van der Waals surface area contributed by atoms with Gasteiger partial charge < -0.3 is 0 Å². The van der Waals surface area contributed by atoms with Gasteiger partial charge in [-0.25, -0.2) is 0 Å². The largest absolute Gasteiger partial charge is 0.0918 e. The zero-order chi connectivity index (χ0) is 9.19. The molecule has 0 aliphatic carbocycles. The highest BCUT2D eigenvalue weighted by Gasteiger charge is 2.03. The third-order valence-corrected chi connectivity index (χ3v) is 1.58. The van der Waals surface area contributed by atoms with E-state index < -0.39 is 0 Å². The summed E-state index contributed by atoms with van der Waals surface area (Å²) in [6, 6.07) is 8.29. The van der Waals surface area contributed by atoms with E-state index in [1.54, 1.807) is 0 Å². The van der Waals surface area contributed by atoms with Gasteiger partial charge in [0.1, 0.15) is 0 Å². The minimum Gasteiger partial charge on any atom is -0.0918 e. The lowest BCUT2D eigenvalue weighted by atomic mass is 9.95. The topological polar surface area (TPSA) is 0 Å². The molecule has 0 saturated heterocycles. The van der Waals surface area contributed by atoms with Gasteiger partial charge in [-0.1, -0.05) is 57.7 Å². The monoisotopic (exact) mass is 160 g/mol. The van der Waals surface area contributed by atoms with E-state index in [1.165, 1.54) is 5.22 Å². The normalized spacial score (nSPS) is 11.2. The van der Waals surface area contributed by atoms with Crippen LogP contribution in [0.1, 0.15) is 20.8 Å². The third kappa shape index (κ3) is 2.91. The second-order valence-corrected chi connectivity index (χ2v) is 4.25. The molecule has 0 saturated carbocycles. The molecule has 1 aromatic rings. The molecule has 0 aliphatic rings. The molecule has 0 atom stereocenters. The molecule has 12 heavy (non-hydrogen) atoms. The highest BCUT2D eigenvalue weighted by atomic mass is 14.1. The molecule has 0 spiro atoms. The van der Waals surface area contributed by atoms with Crippen molar-refractivity contribution >= 4 is 12.7 Å². The smallest absolute Gasteiger partial charge is 0.0194 e. The minimum atomic E-state index is 0.253. The van der Waals surface area contributed by atoms with Crippen LogP contribution in [0.4, 0.5) is 0 Å². The van der Waals surface area contributed by atoms with Crippen molar-refractivity contribution in [2.24, 2.45) is 5.41 Å². The summed E-state index contributed by atoms with van der Waals surface area (Å²) in [4.78, 5) is 0. The van der Waals surface area contributed by atoms with Crippen molar-refractivity contribution < 1.29 is 0 Å². The maximum Gasteiger partial charge on any atom is -0.0194 e. The van der Waals surface area contributed by atoms with E-state index in [-0.39, 0.29) is 5.41 Å². The Kier molecular flexibility index (Phi) is 2.37. The average Bonchev–Trinajstić information content (AvgIpc) is 1.91. The van der Waals surface area contributed by atoms with Crippen molar-refractivity contribution in [1.82, 2.24) is 0 Å². The van der Waals surface area contributed by atoms with Gasteiger partial charge in [-0.05, 0) is 15.9 Å². The van der Waals surface area contributed by atoms with E-state index in [9.17, 15) is 0 Å². The first-order valence-corrected chi connectivity index (χ1v) is 4.25. The van der Waals surface area contributed by atoms with Crippen LogP contribution in [0.2, 0.25) is 0 Å². The summed E-state index contributed by atoms with van der Waals surface area (Å²) in [6.07, 6.45) is 2.26. The Bertz CT molecular complexity index is 329. The number of rotatable bonds is 0. The summed E-state index contributed by atoms with van der Waals surface area (Å²) < 4.78 is 0. The summed E-state index contributed by atoms with van der Waals surface area (Å²) in [5.74, 6) is 0. The molecular formula is C12H16. The van der Waals surface area contributed by atoms with E-state index >= 15 is 0 Å². The Labute approximate surface area is 74.2 Å². The van der Waals surface area contributed by atoms with Gasteiger partial charge >= 0.3 is 0 Å². The second-order valence-electron chi connectivity index (χ2n) is 4.25. The molecule has 0 aromatic heterocycles. The van der Waals surface area contributed by atoms with Gasteiger partial charge in [0.15, 0.2) is 0 Å². The molecule has 0 N–H and O–H groups in total. The van der Waals surface area contributed by atoms with Crippen molar-refractivity contribution in [1.29, 1.82) is 0 Å². The molecule has 0 heteroatoms. The second kappa shape index (κ2) is 3.14.